The largest absolute Gasteiger partial charge is 0.416 e. The van der Waals surface area contributed by atoms with E-state index in [4.69, 9.17) is 0 Å². The van der Waals surface area contributed by atoms with Crippen molar-refractivity contribution in [3.63, 3.8) is 0 Å². The first kappa shape index (κ1) is 56.7. The van der Waals surface area contributed by atoms with Crippen LogP contribution in [0.25, 0.3) is 0 Å². The second-order valence-electron chi connectivity index (χ2n) is 15.4. The molecule has 0 unspecified atom stereocenters. The van der Waals surface area contributed by atoms with Crippen LogP contribution in [0.15, 0.2) is 102 Å². The number of hydrogen-bond donors (Lipinski definition) is 0. The van der Waals surface area contributed by atoms with E-state index >= 15 is 0 Å². The fourth-order valence-electron chi connectivity index (χ4n) is 7.05. The Morgan fingerprint density at radius 1 is 0.348 bits per heavy atom. The summed E-state index contributed by atoms with van der Waals surface area (Å²) < 4.78 is 353. The highest BCUT2D eigenvalue weighted by Crippen LogP contribution is 2.41. The lowest BCUT2D eigenvalue weighted by Crippen LogP contribution is -2.75. The minimum absolute atomic E-state index is 0.667. The van der Waals surface area contributed by atoms with Crippen LogP contribution in [0.5, 0.6) is 0 Å². The summed E-state index contributed by atoms with van der Waals surface area (Å²) in [4.78, 5) is 0. The Hall–Kier alpha value is -4.89. The highest BCUT2D eigenvalue weighted by molar-refractivity contribution is 9.10. The summed E-state index contributed by atoms with van der Waals surface area (Å²) >= 11 is 3.35. The fraction of sp³-hybridized carbons (Fsp3) is 0.268. The third kappa shape index (κ3) is 13.9. The van der Waals surface area contributed by atoms with Gasteiger partial charge in [-0.1, -0.05) is 76.6 Å². The van der Waals surface area contributed by atoms with Crippen molar-refractivity contribution in [2.75, 3.05) is 12.5 Å². The highest BCUT2D eigenvalue weighted by atomic mass is 79.9. The lowest BCUT2D eigenvalue weighted by Gasteiger charge is -2.46. The Labute approximate surface area is 382 Å². The Morgan fingerprint density at radius 3 is 0.667 bits per heavy atom. The van der Waals surface area contributed by atoms with Crippen LogP contribution in [0.1, 0.15) is 50.1 Å². The fourth-order valence-corrected chi connectivity index (χ4v) is 8.31. The molecular formula is C41H24BBrF24OS. The summed E-state index contributed by atoms with van der Waals surface area (Å²) in [7, 11) is -1.66. The van der Waals surface area contributed by atoms with Crippen LogP contribution in [0.2, 0.25) is 0 Å². The molecule has 0 bridgehead atoms. The second-order valence-corrected chi connectivity index (χ2v) is 19.5. The van der Waals surface area contributed by atoms with Crippen LogP contribution < -0.4 is 21.9 Å². The molecule has 0 radical (unpaired) electrons. The number of halogens is 25. The van der Waals surface area contributed by atoms with Gasteiger partial charge in [-0.2, -0.15) is 127 Å². The Kier molecular flexibility index (Phi) is 15.4. The molecule has 0 saturated heterocycles. The first-order chi connectivity index (χ1) is 30.7. The minimum Gasteiger partial charge on any atom is -0.194 e. The quantitative estimate of drug-likeness (QED) is 0.0941. The number of rotatable bonds is 6. The van der Waals surface area contributed by atoms with Crippen LogP contribution in [0, 0.1) is 0 Å². The van der Waals surface area contributed by atoms with Crippen molar-refractivity contribution >= 4 is 53.9 Å². The molecule has 0 amide bonds. The first-order valence-corrected chi connectivity index (χ1v) is 21.6. The predicted octanol–water partition coefficient (Wildman–Crippen LogP) is 13.9. The predicted molar refractivity (Wildman–Crippen MR) is 208 cm³/mol. The van der Waals surface area contributed by atoms with Gasteiger partial charge in [0.25, 0.3) is 0 Å². The van der Waals surface area contributed by atoms with E-state index in [-0.39, 0.29) is 0 Å². The molecule has 0 aliphatic heterocycles. The molecule has 0 fully saturated rings. The van der Waals surface area contributed by atoms with E-state index in [2.05, 4.69) is 15.9 Å². The molecule has 1 nitrogen and oxygen atoms in total. The van der Waals surface area contributed by atoms with Crippen molar-refractivity contribution in [3.05, 3.63) is 152 Å². The van der Waals surface area contributed by atoms with Crippen molar-refractivity contribution in [2.45, 2.75) is 55.2 Å². The molecule has 0 aliphatic carbocycles. The number of benzene rings is 5. The molecule has 0 atom stereocenters. The van der Waals surface area contributed by atoms with Gasteiger partial charge in [0.2, 0.25) is 0 Å². The zero-order valence-corrected chi connectivity index (χ0v) is 36.2. The van der Waals surface area contributed by atoms with Crippen LogP contribution in [-0.2, 0) is 69.3 Å². The number of hydrogen-bond acceptors (Lipinski definition) is 1. The molecule has 5 aromatic rings. The summed E-state index contributed by atoms with van der Waals surface area (Å²) in [6.45, 7) is 0. The summed E-state index contributed by atoms with van der Waals surface area (Å²) in [6.07, 6.45) is -51.2. The zero-order valence-electron chi connectivity index (χ0n) is 33.8. The second kappa shape index (κ2) is 18.7. The Morgan fingerprint density at radius 2 is 0.522 bits per heavy atom. The van der Waals surface area contributed by atoms with E-state index < -0.39 is 205 Å². The van der Waals surface area contributed by atoms with Gasteiger partial charge < -0.3 is 0 Å². The summed E-state index contributed by atoms with van der Waals surface area (Å²) in [5.74, 6) is 0.667. The zero-order chi connectivity index (χ0) is 53.1. The molecule has 28 heteroatoms. The van der Waals surface area contributed by atoms with Gasteiger partial charge in [-0.15, -0.1) is 4.21 Å². The van der Waals surface area contributed by atoms with Crippen molar-refractivity contribution in [3.8, 4) is 0 Å². The SMILES string of the molecule is C[S+](C)(=O)Cc1ccc(Br)cc1.FC(F)(F)c1cc([B-](c2cc(C(F)(F)F)cc(C(F)(F)F)c2)(c2cc(C(F)(F)F)cc(C(F)(F)F)c2)c2cc(C(F)(F)F)cc(C(F)(F)F)c2)cc(C(F)(F)F)c1. The minimum atomic E-state index is -6.13. The van der Waals surface area contributed by atoms with E-state index in [1.165, 1.54) is 0 Å². The van der Waals surface area contributed by atoms with Crippen molar-refractivity contribution < 1.29 is 110 Å². The standard InChI is InChI=1S/C32H12BF24.C9H12BrOS/c34-25(35,36)13-1-14(26(37,38)39)6-21(5-13)33(22-7-15(27(40,41)42)2-16(8-22)28(43,44)45,23-9-17(29(46,47)48)3-18(10-23)30(49,50)51)24-11-19(31(52,53)54)4-20(12-24)32(55,56)57;1-12(2,11)7-8-3-5-9(10)6-4-8/h1-12H;3-6H,7H2,1-2H3/q-1;+1. The van der Waals surface area contributed by atoms with E-state index in [1.54, 1.807) is 12.5 Å². The molecule has 5 aromatic carbocycles. The van der Waals surface area contributed by atoms with Crippen LogP contribution in [0.4, 0.5) is 105 Å². The molecule has 0 spiro atoms. The topological polar surface area (TPSA) is 17.1 Å². The average molecular weight is 1110 g/mol. The maximum absolute atomic E-state index is 14.2. The Balaban J connectivity index is 0.000000750. The lowest BCUT2D eigenvalue weighted by molar-refractivity contribution is -0.144. The monoisotopic (exact) mass is 1110 g/mol. The molecule has 0 heterocycles. The van der Waals surface area contributed by atoms with Crippen molar-refractivity contribution in [2.24, 2.45) is 0 Å². The third-order valence-corrected chi connectivity index (χ3v) is 11.4. The van der Waals surface area contributed by atoms with E-state index in [0.29, 0.717) is 5.75 Å². The van der Waals surface area contributed by atoms with Gasteiger partial charge in [0.1, 0.15) is 24.4 Å². The highest BCUT2D eigenvalue weighted by Gasteiger charge is 2.47. The molecular weight excluding hydrogens is 1090 g/mol. The molecule has 0 aromatic heterocycles. The van der Waals surface area contributed by atoms with Gasteiger partial charge in [-0.3, -0.25) is 0 Å². The molecule has 0 aliphatic rings. The van der Waals surface area contributed by atoms with Crippen molar-refractivity contribution in [1.29, 1.82) is 0 Å². The van der Waals surface area contributed by atoms with Gasteiger partial charge in [-0.25, -0.2) is 0 Å². The molecule has 378 valence electrons. The van der Waals surface area contributed by atoms with Crippen LogP contribution in [0.3, 0.4) is 0 Å². The average Bonchev–Trinajstić information content (AvgIpc) is 3.16. The van der Waals surface area contributed by atoms with Gasteiger partial charge >= 0.3 is 49.4 Å². The molecule has 0 saturated carbocycles. The third-order valence-electron chi connectivity index (χ3n) is 9.87. The van der Waals surface area contributed by atoms with Crippen molar-refractivity contribution in [1.82, 2.24) is 0 Å². The van der Waals surface area contributed by atoms with E-state index in [1.807, 2.05) is 24.3 Å². The van der Waals surface area contributed by atoms with E-state index in [0.717, 1.165) is 10.0 Å². The van der Waals surface area contributed by atoms with Gasteiger partial charge in [0.15, 0.2) is 0 Å². The van der Waals surface area contributed by atoms with Gasteiger partial charge in [0.05, 0.1) is 54.4 Å². The maximum atomic E-state index is 14.2. The summed E-state index contributed by atoms with van der Waals surface area (Å²) in [5.41, 5.74) is -29.1. The first-order valence-electron chi connectivity index (χ1n) is 18.3. The summed E-state index contributed by atoms with van der Waals surface area (Å²) in [6, 6.07) is -0.871. The molecule has 5 rings (SSSR count). The normalized spacial score (nSPS) is 13.8. The van der Waals surface area contributed by atoms with Crippen LogP contribution >= 0.6 is 15.9 Å². The Bertz CT molecular complexity index is 2260. The molecule has 0 N–H and O–H groups in total. The van der Waals surface area contributed by atoms with E-state index in [9.17, 15) is 110 Å². The number of alkyl halides is 24. The maximum Gasteiger partial charge on any atom is 0.416 e. The molecule has 69 heavy (non-hydrogen) atoms. The lowest BCUT2D eigenvalue weighted by atomic mass is 9.12. The van der Waals surface area contributed by atoms with Gasteiger partial charge in [0, 0.05) is 10.0 Å². The van der Waals surface area contributed by atoms with Crippen LogP contribution in [-0.4, -0.2) is 18.7 Å². The smallest absolute Gasteiger partial charge is 0.194 e. The van der Waals surface area contributed by atoms with Gasteiger partial charge in [-0.05, 0) is 36.4 Å². The summed E-state index contributed by atoms with van der Waals surface area (Å²) in [5, 5.41) is 0.